The zero-order chi connectivity index (χ0) is 13.8. The molecule has 1 aromatic heterocycles. The van der Waals surface area contributed by atoms with Crippen LogP contribution < -0.4 is 0 Å². The van der Waals surface area contributed by atoms with Crippen molar-refractivity contribution in [3.05, 3.63) is 16.5 Å². The summed E-state index contributed by atoms with van der Waals surface area (Å²) in [6.45, 7) is 7.02. The Hall–Kier alpha value is -0.100. The van der Waals surface area contributed by atoms with E-state index in [0.29, 0.717) is 23.2 Å². The molecule has 0 spiro atoms. The van der Waals surface area contributed by atoms with Gasteiger partial charge in [0.25, 0.3) is 10.0 Å². The van der Waals surface area contributed by atoms with E-state index in [2.05, 4.69) is 0 Å². The van der Waals surface area contributed by atoms with Gasteiger partial charge >= 0.3 is 0 Å². The van der Waals surface area contributed by atoms with Gasteiger partial charge in [-0.3, -0.25) is 0 Å². The van der Waals surface area contributed by atoms with Gasteiger partial charge in [0.15, 0.2) is 0 Å². The smallest absolute Gasteiger partial charge is 0.206 e. The maximum absolute atomic E-state index is 12.5. The number of rotatable bonds is 7. The molecule has 3 nitrogen and oxygen atoms in total. The summed E-state index contributed by atoms with van der Waals surface area (Å²) in [6, 6.07) is 1.73. The molecule has 0 atom stereocenters. The monoisotopic (exact) mass is 309 g/mol. The quantitative estimate of drug-likeness (QED) is 0.722. The second-order valence-corrected chi connectivity index (χ2v) is 7.78. The van der Waals surface area contributed by atoms with Gasteiger partial charge in [-0.15, -0.1) is 22.9 Å². The third kappa shape index (κ3) is 3.47. The van der Waals surface area contributed by atoms with Crippen LogP contribution in [0, 0.1) is 6.92 Å². The van der Waals surface area contributed by atoms with Crippen molar-refractivity contribution in [3.8, 4) is 0 Å². The average molecular weight is 310 g/mol. The highest BCUT2D eigenvalue weighted by atomic mass is 35.5. The molecular formula is C12H20ClNO2S2. The molecule has 0 aliphatic rings. The van der Waals surface area contributed by atoms with Crippen LogP contribution >= 0.6 is 22.9 Å². The second kappa shape index (κ2) is 6.89. The first-order valence-corrected chi connectivity index (χ1v) is 8.91. The fourth-order valence-electron chi connectivity index (χ4n) is 1.73. The third-order valence-electron chi connectivity index (χ3n) is 2.66. The molecular weight excluding hydrogens is 290 g/mol. The van der Waals surface area contributed by atoms with Gasteiger partial charge in [-0.05, 0) is 31.4 Å². The molecule has 6 heteroatoms. The van der Waals surface area contributed by atoms with Crippen LogP contribution in [0.3, 0.4) is 0 Å². The van der Waals surface area contributed by atoms with Gasteiger partial charge in [0.2, 0.25) is 0 Å². The lowest BCUT2D eigenvalue weighted by Crippen LogP contribution is -2.32. The molecule has 0 amide bonds. The van der Waals surface area contributed by atoms with Crippen molar-refractivity contribution in [1.82, 2.24) is 4.31 Å². The molecule has 0 aromatic carbocycles. The Morgan fingerprint density at radius 2 is 1.83 bits per heavy atom. The lowest BCUT2D eigenvalue weighted by Gasteiger charge is -2.19. The zero-order valence-corrected chi connectivity index (χ0v) is 13.5. The maximum atomic E-state index is 12.5. The summed E-state index contributed by atoms with van der Waals surface area (Å²) in [5.41, 5.74) is 0.960. The molecule has 0 aliphatic carbocycles. The normalized spacial score (nSPS) is 12.3. The molecule has 0 saturated carbocycles. The van der Waals surface area contributed by atoms with Crippen LogP contribution in [0.4, 0.5) is 0 Å². The first-order valence-electron chi connectivity index (χ1n) is 6.12. The van der Waals surface area contributed by atoms with E-state index in [-0.39, 0.29) is 0 Å². The minimum Gasteiger partial charge on any atom is -0.206 e. The molecule has 0 unspecified atom stereocenters. The Morgan fingerprint density at radius 3 is 2.22 bits per heavy atom. The zero-order valence-electron chi connectivity index (χ0n) is 11.1. The van der Waals surface area contributed by atoms with E-state index >= 15 is 0 Å². The number of hydrogen-bond acceptors (Lipinski definition) is 3. The predicted octanol–water partition coefficient (Wildman–Crippen LogP) is 3.61. The van der Waals surface area contributed by atoms with Crippen molar-refractivity contribution in [1.29, 1.82) is 0 Å². The molecule has 18 heavy (non-hydrogen) atoms. The van der Waals surface area contributed by atoms with Gasteiger partial charge in [-0.2, -0.15) is 4.31 Å². The number of aryl methyl sites for hydroxylation is 1. The number of sulfonamides is 1. The molecule has 0 aliphatic heterocycles. The fraction of sp³-hybridized carbons (Fsp3) is 0.667. The first-order chi connectivity index (χ1) is 8.47. The van der Waals surface area contributed by atoms with E-state index in [0.717, 1.165) is 23.3 Å². The largest absolute Gasteiger partial charge is 0.252 e. The molecule has 0 radical (unpaired) electrons. The molecule has 1 heterocycles. The highest BCUT2D eigenvalue weighted by Crippen LogP contribution is 2.29. The van der Waals surface area contributed by atoms with E-state index in [1.165, 1.54) is 11.3 Å². The summed E-state index contributed by atoms with van der Waals surface area (Å²) in [6.07, 6.45) is 1.65. The van der Waals surface area contributed by atoms with Crippen molar-refractivity contribution in [2.75, 3.05) is 13.1 Å². The van der Waals surface area contributed by atoms with Gasteiger partial charge in [-0.25, -0.2) is 8.42 Å². The van der Waals surface area contributed by atoms with Gasteiger partial charge in [0.05, 0.1) is 5.88 Å². The Morgan fingerprint density at radius 1 is 1.28 bits per heavy atom. The van der Waals surface area contributed by atoms with Crippen molar-refractivity contribution in [2.24, 2.45) is 0 Å². The minimum absolute atomic E-state index is 0.369. The van der Waals surface area contributed by atoms with Gasteiger partial charge in [0, 0.05) is 18.0 Å². The van der Waals surface area contributed by atoms with Crippen molar-refractivity contribution >= 4 is 33.0 Å². The Bertz CT molecular complexity index is 476. The van der Waals surface area contributed by atoms with E-state index in [1.807, 2.05) is 20.8 Å². The number of halogens is 1. The van der Waals surface area contributed by atoms with E-state index < -0.39 is 10.0 Å². The van der Waals surface area contributed by atoms with Crippen LogP contribution in [0.5, 0.6) is 0 Å². The molecule has 0 N–H and O–H groups in total. The lowest BCUT2D eigenvalue weighted by molar-refractivity contribution is 0.411. The highest BCUT2D eigenvalue weighted by molar-refractivity contribution is 7.91. The van der Waals surface area contributed by atoms with Gasteiger partial charge in [-0.1, -0.05) is 13.8 Å². The summed E-state index contributed by atoms with van der Waals surface area (Å²) >= 11 is 7.08. The first kappa shape index (κ1) is 16.0. The molecule has 0 bridgehead atoms. The van der Waals surface area contributed by atoms with Crippen LogP contribution in [-0.2, 0) is 15.9 Å². The third-order valence-corrected chi connectivity index (χ3v) is 6.67. The highest BCUT2D eigenvalue weighted by Gasteiger charge is 2.25. The lowest BCUT2D eigenvalue weighted by atomic mass is 10.3. The summed E-state index contributed by atoms with van der Waals surface area (Å²) in [5, 5.41) is 0. The standard InChI is InChI=1S/C12H20ClNO2S2/c1-4-6-14(7-5-2)18(15,16)12-8-10(3)11(9-13)17-12/h8H,4-7,9H2,1-3H3. The average Bonchev–Trinajstić information content (AvgIpc) is 2.71. The van der Waals surface area contributed by atoms with Crippen LogP contribution in [0.25, 0.3) is 0 Å². The van der Waals surface area contributed by atoms with E-state index in [9.17, 15) is 8.42 Å². The summed E-state index contributed by atoms with van der Waals surface area (Å²) in [4.78, 5) is 0.934. The molecule has 0 saturated heterocycles. The Labute approximate surface area is 119 Å². The van der Waals surface area contributed by atoms with E-state index in [1.54, 1.807) is 10.4 Å². The van der Waals surface area contributed by atoms with Crippen LogP contribution in [0.15, 0.2) is 10.3 Å². The van der Waals surface area contributed by atoms with Crippen molar-refractivity contribution in [3.63, 3.8) is 0 Å². The number of thiophene rings is 1. The minimum atomic E-state index is -3.34. The number of nitrogens with zero attached hydrogens (tertiary/aromatic N) is 1. The maximum Gasteiger partial charge on any atom is 0.252 e. The predicted molar refractivity (Wildman–Crippen MR) is 78.0 cm³/mol. The van der Waals surface area contributed by atoms with Gasteiger partial charge in [0.1, 0.15) is 4.21 Å². The number of alkyl halides is 1. The molecule has 1 aromatic rings. The topological polar surface area (TPSA) is 37.4 Å². The fourth-order valence-corrected chi connectivity index (χ4v) is 5.32. The molecule has 104 valence electrons. The summed E-state index contributed by atoms with van der Waals surface area (Å²) in [7, 11) is -3.34. The second-order valence-electron chi connectivity index (χ2n) is 4.21. The Kier molecular flexibility index (Phi) is 6.11. The molecule has 0 fully saturated rings. The van der Waals surface area contributed by atoms with E-state index in [4.69, 9.17) is 11.6 Å². The summed E-state index contributed by atoms with van der Waals surface area (Å²) in [5.74, 6) is 0.369. The SMILES string of the molecule is CCCN(CCC)S(=O)(=O)c1cc(C)c(CCl)s1. The van der Waals surface area contributed by atoms with Crippen LogP contribution in [0.1, 0.15) is 37.1 Å². The van der Waals surface area contributed by atoms with Crippen molar-refractivity contribution < 1.29 is 8.42 Å². The number of hydrogen-bond donors (Lipinski definition) is 0. The van der Waals surface area contributed by atoms with Crippen LogP contribution in [-0.4, -0.2) is 25.8 Å². The Balaban J connectivity index is 3.09. The van der Waals surface area contributed by atoms with Gasteiger partial charge < -0.3 is 0 Å². The summed E-state index contributed by atoms with van der Waals surface area (Å²) < 4.78 is 27.0. The van der Waals surface area contributed by atoms with Crippen LogP contribution in [0.2, 0.25) is 0 Å². The van der Waals surface area contributed by atoms with Crippen molar-refractivity contribution in [2.45, 2.75) is 43.7 Å². The molecule has 1 rings (SSSR count).